The molecule has 1 aliphatic heterocycles. The molecule has 0 aliphatic carbocycles. The molecular formula is C20H17F3N2O3. The Morgan fingerprint density at radius 3 is 2.32 bits per heavy atom. The van der Waals surface area contributed by atoms with Crippen LogP contribution in [0, 0.1) is 0 Å². The number of amides is 2. The van der Waals surface area contributed by atoms with Crippen molar-refractivity contribution < 1.29 is 27.5 Å². The van der Waals surface area contributed by atoms with Crippen molar-refractivity contribution in [2.75, 3.05) is 13.2 Å². The monoisotopic (exact) mass is 390 g/mol. The fraction of sp³-hybridized carbons (Fsp3) is 0.200. The van der Waals surface area contributed by atoms with Crippen LogP contribution in [0.5, 0.6) is 5.75 Å². The van der Waals surface area contributed by atoms with Crippen LogP contribution < -0.4 is 10.1 Å². The van der Waals surface area contributed by atoms with E-state index in [0.29, 0.717) is 22.4 Å². The highest BCUT2D eigenvalue weighted by atomic mass is 19.4. The number of nitrogens with one attached hydrogen (secondary N) is 1. The van der Waals surface area contributed by atoms with Gasteiger partial charge in [-0.3, -0.25) is 14.5 Å². The van der Waals surface area contributed by atoms with Gasteiger partial charge in [-0.05, 0) is 23.8 Å². The second-order valence-electron chi connectivity index (χ2n) is 6.21. The molecule has 0 unspecified atom stereocenters. The zero-order valence-electron chi connectivity index (χ0n) is 14.8. The Labute approximate surface area is 159 Å². The highest BCUT2D eigenvalue weighted by Crippen LogP contribution is 2.30. The van der Waals surface area contributed by atoms with Gasteiger partial charge in [-0.15, -0.1) is 0 Å². The Hall–Kier alpha value is -3.29. The molecule has 0 radical (unpaired) electrons. The standard InChI is InChI=1S/C20H17F3N2O3/c1-13-16-4-2-3-5-17(16)19(27)25(13)11-18(26)24-10-14-6-8-15(9-7-14)28-12-20(21,22)23/h2-9H,1,10-12H2,(H,24,26). The molecule has 0 aromatic heterocycles. The SMILES string of the molecule is C=C1c2ccccc2C(=O)N1CC(=O)NCc1ccc(OCC(F)(F)F)cc1. The van der Waals surface area contributed by atoms with Crippen LogP contribution in [-0.2, 0) is 11.3 Å². The van der Waals surface area contributed by atoms with Gasteiger partial charge in [0.1, 0.15) is 12.3 Å². The Bertz CT molecular complexity index is 873. The summed E-state index contributed by atoms with van der Waals surface area (Å²) >= 11 is 0. The highest BCUT2D eigenvalue weighted by molar-refractivity contribution is 6.10. The van der Waals surface area contributed by atoms with E-state index >= 15 is 0 Å². The highest BCUT2D eigenvalue weighted by Gasteiger charge is 2.31. The molecule has 2 aromatic carbocycles. The summed E-state index contributed by atoms with van der Waals surface area (Å²) in [4.78, 5) is 25.9. The van der Waals surface area contributed by atoms with Crippen molar-refractivity contribution in [1.29, 1.82) is 0 Å². The van der Waals surface area contributed by atoms with E-state index in [0.717, 1.165) is 0 Å². The van der Waals surface area contributed by atoms with Crippen LogP contribution in [0.2, 0.25) is 0 Å². The van der Waals surface area contributed by atoms with Crippen LogP contribution in [0.4, 0.5) is 13.2 Å². The third kappa shape index (κ3) is 4.51. The smallest absolute Gasteiger partial charge is 0.422 e. The molecule has 1 heterocycles. The summed E-state index contributed by atoms with van der Waals surface area (Å²) in [7, 11) is 0. The first-order chi connectivity index (χ1) is 13.2. The van der Waals surface area contributed by atoms with Crippen molar-refractivity contribution >= 4 is 17.5 Å². The predicted octanol–water partition coefficient (Wildman–Crippen LogP) is 3.37. The quantitative estimate of drug-likeness (QED) is 0.823. The maximum absolute atomic E-state index is 12.4. The Morgan fingerprint density at radius 2 is 1.71 bits per heavy atom. The van der Waals surface area contributed by atoms with Gasteiger partial charge in [-0.25, -0.2) is 0 Å². The second kappa shape index (κ2) is 7.75. The lowest BCUT2D eigenvalue weighted by atomic mass is 10.1. The number of carbonyl (C=O) groups is 2. The van der Waals surface area contributed by atoms with E-state index in [1.54, 1.807) is 36.4 Å². The Kier molecular flexibility index (Phi) is 5.39. The summed E-state index contributed by atoms with van der Waals surface area (Å²) in [5, 5.41) is 2.67. The summed E-state index contributed by atoms with van der Waals surface area (Å²) in [5.74, 6) is -0.564. The number of hydrogen-bond acceptors (Lipinski definition) is 3. The minimum atomic E-state index is -4.40. The Morgan fingerprint density at radius 1 is 1.07 bits per heavy atom. The number of hydrogen-bond donors (Lipinski definition) is 1. The minimum absolute atomic E-state index is 0.0872. The van der Waals surface area contributed by atoms with Crippen LogP contribution in [0.3, 0.4) is 0 Å². The van der Waals surface area contributed by atoms with Gasteiger partial charge in [-0.1, -0.05) is 36.9 Å². The molecule has 0 fully saturated rings. The molecule has 1 N–H and O–H groups in total. The molecular weight excluding hydrogens is 373 g/mol. The van der Waals surface area contributed by atoms with Gasteiger partial charge in [0.05, 0.1) is 0 Å². The van der Waals surface area contributed by atoms with Gasteiger partial charge in [0, 0.05) is 23.4 Å². The zero-order valence-corrected chi connectivity index (χ0v) is 14.8. The molecule has 146 valence electrons. The fourth-order valence-corrected chi connectivity index (χ4v) is 2.77. The topological polar surface area (TPSA) is 58.6 Å². The molecule has 3 rings (SSSR count). The van der Waals surface area contributed by atoms with Gasteiger partial charge in [0.25, 0.3) is 5.91 Å². The van der Waals surface area contributed by atoms with Gasteiger partial charge in [-0.2, -0.15) is 13.2 Å². The second-order valence-corrected chi connectivity index (χ2v) is 6.21. The number of carbonyl (C=O) groups excluding carboxylic acids is 2. The Balaban J connectivity index is 1.51. The van der Waals surface area contributed by atoms with Gasteiger partial charge in [0.15, 0.2) is 6.61 Å². The molecule has 1 aliphatic rings. The average Bonchev–Trinajstić information content (AvgIpc) is 2.90. The number of alkyl halides is 3. The number of ether oxygens (including phenoxy) is 1. The zero-order chi connectivity index (χ0) is 20.3. The maximum Gasteiger partial charge on any atom is 0.422 e. The number of halogens is 3. The molecule has 2 amide bonds. The van der Waals surface area contributed by atoms with Crippen molar-refractivity contribution in [2.24, 2.45) is 0 Å². The third-order valence-electron chi connectivity index (χ3n) is 4.16. The van der Waals surface area contributed by atoms with Crippen molar-refractivity contribution in [3.05, 3.63) is 71.8 Å². The summed E-state index contributed by atoms with van der Waals surface area (Å²) in [6, 6.07) is 12.9. The summed E-state index contributed by atoms with van der Waals surface area (Å²) in [5.41, 5.74) is 2.37. The first-order valence-electron chi connectivity index (χ1n) is 8.40. The molecule has 28 heavy (non-hydrogen) atoms. The molecule has 2 aromatic rings. The van der Waals surface area contributed by atoms with Crippen LogP contribution >= 0.6 is 0 Å². The third-order valence-corrected chi connectivity index (χ3v) is 4.16. The summed E-state index contributed by atoms with van der Waals surface area (Å²) < 4.78 is 41.0. The van der Waals surface area contributed by atoms with Crippen LogP contribution in [0.25, 0.3) is 5.70 Å². The van der Waals surface area contributed by atoms with E-state index in [9.17, 15) is 22.8 Å². The van der Waals surface area contributed by atoms with Gasteiger partial charge in [0.2, 0.25) is 5.91 Å². The van der Waals surface area contributed by atoms with Crippen molar-refractivity contribution in [3.8, 4) is 5.75 Å². The number of benzene rings is 2. The molecule has 0 spiro atoms. The normalized spacial score (nSPS) is 13.5. The number of rotatable bonds is 6. The van der Waals surface area contributed by atoms with Gasteiger partial charge >= 0.3 is 6.18 Å². The largest absolute Gasteiger partial charge is 0.484 e. The van der Waals surface area contributed by atoms with E-state index in [-0.39, 0.29) is 30.7 Å². The summed E-state index contributed by atoms with van der Waals surface area (Å²) in [6.07, 6.45) is -4.40. The van der Waals surface area contributed by atoms with Crippen LogP contribution in [0.1, 0.15) is 21.5 Å². The summed E-state index contributed by atoms with van der Waals surface area (Å²) in [6.45, 7) is 2.51. The lowest BCUT2D eigenvalue weighted by Gasteiger charge is -2.17. The van der Waals surface area contributed by atoms with E-state index in [1.807, 2.05) is 0 Å². The van der Waals surface area contributed by atoms with Crippen LogP contribution in [0.15, 0.2) is 55.1 Å². The maximum atomic E-state index is 12.4. The number of nitrogens with zero attached hydrogens (tertiary/aromatic N) is 1. The van der Waals surface area contributed by atoms with Gasteiger partial charge < -0.3 is 10.1 Å². The van der Waals surface area contributed by atoms with Crippen molar-refractivity contribution in [2.45, 2.75) is 12.7 Å². The number of fused-ring (bicyclic) bond motifs is 1. The fourth-order valence-electron chi connectivity index (χ4n) is 2.77. The van der Waals surface area contributed by atoms with E-state index < -0.39 is 12.8 Å². The lowest BCUT2D eigenvalue weighted by molar-refractivity contribution is -0.153. The van der Waals surface area contributed by atoms with E-state index in [4.69, 9.17) is 0 Å². The lowest BCUT2D eigenvalue weighted by Crippen LogP contribution is -2.36. The predicted molar refractivity (Wildman–Crippen MR) is 96.4 cm³/mol. The van der Waals surface area contributed by atoms with E-state index in [1.165, 1.54) is 17.0 Å². The molecule has 0 saturated carbocycles. The van der Waals surface area contributed by atoms with Crippen molar-refractivity contribution in [3.63, 3.8) is 0 Å². The first kappa shape index (κ1) is 19.5. The average molecular weight is 390 g/mol. The molecule has 0 saturated heterocycles. The molecule has 8 heteroatoms. The molecule has 0 bridgehead atoms. The first-order valence-corrected chi connectivity index (χ1v) is 8.40. The molecule has 0 atom stereocenters. The van der Waals surface area contributed by atoms with Crippen LogP contribution in [-0.4, -0.2) is 36.0 Å². The molecule has 5 nitrogen and oxygen atoms in total. The van der Waals surface area contributed by atoms with Crippen molar-refractivity contribution in [1.82, 2.24) is 10.2 Å². The minimum Gasteiger partial charge on any atom is -0.484 e. The van der Waals surface area contributed by atoms with E-state index in [2.05, 4.69) is 16.6 Å².